The third-order valence-corrected chi connectivity index (χ3v) is 3.79. The van der Waals surface area contributed by atoms with Crippen LogP contribution in [-0.2, 0) is 4.79 Å². The minimum atomic E-state index is -0.473. The minimum Gasteiger partial charge on any atom is -0.493 e. The van der Waals surface area contributed by atoms with Crippen molar-refractivity contribution in [2.24, 2.45) is 5.10 Å². The molecule has 0 aromatic heterocycles. The van der Waals surface area contributed by atoms with E-state index in [4.69, 9.17) is 37.4 Å². The van der Waals surface area contributed by atoms with Crippen LogP contribution in [0, 0.1) is 0 Å². The molecule has 0 spiro atoms. The molecule has 2 aromatic rings. The average molecular weight is 383 g/mol. The van der Waals surface area contributed by atoms with E-state index in [0.717, 1.165) is 0 Å². The molecule has 132 valence electrons. The number of hydrogen-bond donors (Lipinski definition) is 1. The Balaban J connectivity index is 2.23. The molecule has 0 radical (unpaired) electrons. The highest BCUT2D eigenvalue weighted by atomic mass is 35.5. The Hall–Kier alpha value is -2.44. The van der Waals surface area contributed by atoms with E-state index in [2.05, 4.69) is 10.5 Å². The molecule has 0 aliphatic rings. The van der Waals surface area contributed by atoms with Crippen molar-refractivity contribution >= 4 is 41.1 Å². The molecule has 6 nitrogen and oxygen atoms in total. The maximum absolute atomic E-state index is 11.2. The van der Waals surface area contributed by atoms with E-state index in [-0.39, 0.29) is 5.75 Å². The molecule has 0 amide bonds. The largest absolute Gasteiger partial charge is 0.493 e. The summed E-state index contributed by atoms with van der Waals surface area (Å²) in [6.07, 6.45) is 1.56. The Morgan fingerprint density at radius 2 is 1.72 bits per heavy atom. The molecule has 0 aliphatic carbocycles. The van der Waals surface area contributed by atoms with Crippen LogP contribution in [0.15, 0.2) is 35.4 Å². The van der Waals surface area contributed by atoms with E-state index in [1.165, 1.54) is 21.1 Å². The van der Waals surface area contributed by atoms with Gasteiger partial charge in [-0.25, -0.2) is 0 Å². The summed E-state index contributed by atoms with van der Waals surface area (Å²) in [4.78, 5) is 11.2. The van der Waals surface area contributed by atoms with Crippen LogP contribution in [0.3, 0.4) is 0 Å². The van der Waals surface area contributed by atoms with Crippen molar-refractivity contribution in [2.45, 2.75) is 6.92 Å². The van der Waals surface area contributed by atoms with Gasteiger partial charge in [0.2, 0.25) is 5.75 Å². The zero-order valence-electron chi connectivity index (χ0n) is 13.8. The Morgan fingerprint density at radius 3 is 2.24 bits per heavy atom. The standard InChI is InChI=1S/C17H16Cl2N2O4/c1-10(22)25-17-15(23-2)6-11(7-16(17)24-3)9-20-21-12-4-5-13(18)14(19)8-12/h4-9,21H,1-3H3/b20-9+. The van der Waals surface area contributed by atoms with Gasteiger partial charge in [0.1, 0.15) is 0 Å². The quantitative estimate of drug-likeness (QED) is 0.347. The number of esters is 1. The first-order valence-corrected chi connectivity index (χ1v) is 7.88. The van der Waals surface area contributed by atoms with Crippen LogP contribution in [0.2, 0.25) is 10.0 Å². The van der Waals surface area contributed by atoms with Gasteiger partial charge in [0, 0.05) is 12.5 Å². The maximum atomic E-state index is 11.2. The molecule has 25 heavy (non-hydrogen) atoms. The van der Waals surface area contributed by atoms with Crippen LogP contribution in [0.25, 0.3) is 0 Å². The van der Waals surface area contributed by atoms with Gasteiger partial charge in [-0.15, -0.1) is 0 Å². The summed E-state index contributed by atoms with van der Waals surface area (Å²) in [5.74, 6) is 0.447. The Bertz CT molecular complexity index is 784. The van der Waals surface area contributed by atoms with Crippen LogP contribution in [0.4, 0.5) is 5.69 Å². The number of ether oxygens (including phenoxy) is 3. The van der Waals surface area contributed by atoms with E-state index >= 15 is 0 Å². The van der Waals surface area contributed by atoms with E-state index in [1.807, 2.05) is 0 Å². The molecule has 0 fully saturated rings. The highest BCUT2D eigenvalue weighted by Gasteiger charge is 2.15. The van der Waals surface area contributed by atoms with Crippen molar-refractivity contribution in [3.63, 3.8) is 0 Å². The summed E-state index contributed by atoms with van der Waals surface area (Å²) in [5.41, 5.74) is 4.20. The molecule has 0 saturated carbocycles. The van der Waals surface area contributed by atoms with Gasteiger partial charge in [-0.3, -0.25) is 10.2 Å². The van der Waals surface area contributed by atoms with Gasteiger partial charge in [-0.05, 0) is 30.3 Å². The third-order valence-electron chi connectivity index (χ3n) is 3.06. The number of anilines is 1. The van der Waals surface area contributed by atoms with Crippen molar-refractivity contribution in [1.29, 1.82) is 0 Å². The predicted octanol–water partition coefficient (Wildman–Crippen LogP) is 4.38. The monoisotopic (exact) mass is 382 g/mol. The van der Waals surface area contributed by atoms with Crippen LogP contribution in [-0.4, -0.2) is 26.4 Å². The molecule has 0 heterocycles. The second-order valence-corrected chi connectivity index (χ2v) is 5.66. The lowest BCUT2D eigenvalue weighted by Crippen LogP contribution is -2.05. The van der Waals surface area contributed by atoms with Gasteiger partial charge < -0.3 is 14.2 Å². The number of nitrogens with one attached hydrogen (secondary N) is 1. The summed E-state index contributed by atoms with van der Waals surface area (Å²) in [7, 11) is 2.94. The van der Waals surface area contributed by atoms with Gasteiger partial charge in [-0.1, -0.05) is 23.2 Å². The fourth-order valence-corrected chi connectivity index (χ4v) is 2.26. The van der Waals surface area contributed by atoms with Gasteiger partial charge in [0.15, 0.2) is 11.5 Å². The molecular weight excluding hydrogens is 367 g/mol. The first kappa shape index (κ1) is 18.9. The number of hydrogen-bond acceptors (Lipinski definition) is 6. The van der Waals surface area contributed by atoms with Crippen LogP contribution >= 0.6 is 23.2 Å². The summed E-state index contributed by atoms with van der Waals surface area (Å²) < 4.78 is 15.6. The maximum Gasteiger partial charge on any atom is 0.308 e. The number of rotatable bonds is 6. The summed E-state index contributed by atoms with van der Waals surface area (Å²) in [6, 6.07) is 8.41. The lowest BCUT2D eigenvalue weighted by Gasteiger charge is -2.13. The van der Waals surface area contributed by atoms with Crippen molar-refractivity contribution in [2.75, 3.05) is 19.6 Å². The van der Waals surface area contributed by atoms with Crippen LogP contribution < -0.4 is 19.6 Å². The van der Waals surface area contributed by atoms with Crippen molar-refractivity contribution < 1.29 is 19.0 Å². The highest BCUT2D eigenvalue weighted by molar-refractivity contribution is 6.42. The Kier molecular flexibility index (Phi) is 6.50. The molecule has 0 saturated heterocycles. The van der Waals surface area contributed by atoms with E-state index < -0.39 is 5.97 Å². The molecule has 0 bridgehead atoms. The Labute approximate surface area is 155 Å². The van der Waals surface area contributed by atoms with Crippen molar-refractivity contribution in [3.8, 4) is 17.2 Å². The number of benzene rings is 2. The van der Waals surface area contributed by atoms with Gasteiger partial charge >= 0.3 is 5.97 Å². The third kappa shape index (κ3) is 5.01. The summed E-state index contributed by atoms with van der Waals surface area (Å²) in [5, 5.41) is 5.02. The van der Waals surface area contributed by atoms with E-state index in [9.17, 15) is 4.79 Å². The second kappa shape index (κ2) is 8.60. The minimum absolute atomic E-state index is 0.215. The van der Waals surface area contributed by atoms with Crippen molar-refractivity contribution in [1.82, 2.24) is 0 Å². The number of methoxy groups -OCH3 is 2. The van der Waals surface area contributed by atoms with E-state index in [0.29, 0.717) is 32.8 Å². The molecule has 0 unspecified atom stereocenters. The van der Waals surface area contributed by atoms with Gasteiger partial charge in [0.05, 0.1) is 36.2 Å². The summed E-state index contributed by atoms with van der Waals surface area (Å²) in [6.45, 7) is 1.30. The molecule has 0 aliphatic heterocycles. The Morgan fingerprint density at radius 1 is 1.08 bits per heavy atom. The molecule has 8 heteroatoms. The topological polar surface area (TPSA) is 69.2 Å². The first-order valence-electron chi connectivity index (χ1n) is 7.13. The molecule has 2 rings (SSSR count). The summed E-state index contributed by atoms with van der Waals surface area (Å²) >= 11 is 11.8. The van der Waals surface area contributed by atoms with Crippen molar-refractivity contribution in [3.05, 3.63) is 45.9 Å². The number of halogens is 2. The second-order valence-electron chi connectivity index (χ2n) is 4.85. The van der Waals surface area contributed by atoms with Crippen LogP contribution in [0.5, 0.6) is 17.2 Å². The number of nitrogens with zero attached hydrogens (tertiary/aromatic N) is 1. The number of carbonyl (C=O) groups is 1. The van der Waals surface area contributed by atoms with Gasteiger partial charge in [0.25, 0.3) is 0 Å². The fourth-order valence-electron chi connectivity index (χ4n) is 1.97. The fraction of sp³-hybridized carbons (Fsp3) is 0.176. The molecule has 0 atom stereocenters. The normalized spacial score (nSPS) is 10.6. The smallest absolute Gasteiger partial charge is 0.308 e. The zero-order chi connectivity index (χ0) is 18.4. The predicted molar refractivity (Wildman–Crippen MR) is 98.5 cm³/mol. The number of hydrazone groups is 1. The van der Waals surface area contributed by atoms with Crippen LogP contribution in [0.1, 0.15) is 12.5 Å². The molecule has 1 N–H and O–H groups in total. The molecular formula is C17H16Cl2N2O4. The van der Waals surface area contributed by atoms with Gasteiger partial charge in [-0.2, -0.15) is 5.10 Å². The average Bonchev–Trinajstić information content (AvgIpc) is 2.58. The zero-order valence-corrected chi connectivity index (χ0v) is 15.3. The van der Waals surface area contributed by atoms with E-state index in [1.54, 1.807) is 36.5 Å². The first-order chi connectivity index (χ1) is 11.9. The molecule has 2 aromatic carbocycles. The lowest BCUT2D eigenvalue weighted by molar-refractivity contribution is -0.132. The lowest BCUT2D eigenvalue weighted by atomic mass is 10.2. The number of carbonyl (C=O) groups excluding carboxylic acids is 1. The highest BCUT2D eigenvalue weighted by Crippen LogP contribution is 2.38. The SMILES string of the molecule is COc1cc(/C=N/Nc2ccc(Cl)c(Cl)c2)cc(OC)c1OC(C)=O.